The Labute approximate surface area is 776 Å². The minimum atomic E-state index is -4.39. The highest BCUT2D eigenvalue weighted by Gasteiger charge is 2.47. The summed E-state index contributed by atoms with van der Waals surface area (Å²) in [5.74, 6) is 4.44. The predicted molar refractivity (Wildman–Crippen MR) is 488 cm³/mol. The standard InChI is InChI=1S/C19H18F3N3O2.C19H15F3N2O2.C19H17F3N2O2.C19H15F3N2O.C15H13F3N2O.C4H6O2.5CH4/c1-18(26,11-23)17-25-24-16(27-17)15-5-3-2-4-13(15)10-12-6-8-14(9-7-12)19(20,21)22;1-18(11-25-18)17-24-23-16(26-17)15-5-3-2-4-13(15)10-12-6-8-14(9-7-12)19(20,21)22;1-12(2)17(25)23-24-18(26)16-6-4-3-5-14(16)11-13-7-9-15(10-8-13)19(20,21)22;1-12(2)17-23-24-18(25-17)16-6-4-3-5-14(16)11-13-7-9-15(10-8-13)19(20,21)22;16-15(17,18)12-7-5-10(6-8-12)9-11-3-1-2-4-13(11)14(21)20-19;1-3(2)4(5)6;;;;;/h2-9,26H,10-11,23H2,1H3;2-9H,10-11H2,1H3;3-10H,1,11H2,2H3,(H,23,25)(H,24,26);3-10H,1,11H2,2H3;1-8H,9,19H2,(H,20,21);1H2,2H3,(H,5,6);5*1H4. The Morgan fingerprint density at radius 1 is 0.397 bits per heavy atom. The fraction of sp³-hybridized carbons (Fsp3) is 0.240. The Hall–Kier alpha value is -14.5. The molecule has 0 bridgehead atoms. The van der Waals surface area contributed by atoms with Crippen molar-refractivity contribution in [2.75, 3.05) is 13.2 Å². The molecule has 724 valence electrons. The van der Waals surface area contributed by atoms with Crippen molar-refractivity contribution in [1.29, 1.82) is 0 Å². The molecule has 1 aliphatic rings. The number of benzene rings is 10. The molecule has 10 aromatic carbocycles. The molecule has 36 heteroatoms. The van der Waals surface area contributed by atoms with Crippen LogP contribution in [0.2, 0.25) is 0 Å². The molecule has 1 aliphatic heterocycles. The van der Waals surface area contributed by atoms with E-state index in [0.29, 0.717) is 106 Å². The van der Waals surface area contributed by atoms with Crippen LogP contribution in [-0.2, 0) is 88.5 Å². The summed E-state index contributed by atoms with van der Waals surface area (Å²) in [7, 11) is 0. The summed E-state index contributed by atoms with van der Waals surface area (Å²) < 4.78 is 212. The second-order valence-corrected chi connectivity index (χ2v) is 29.9. The number of nitrogens with one attached hydrogen (secondary N) is 3. The number of halogens is 15. The van der Waals surface area contributed by atoms with Crippen LogP contribution in [0.3, 0.4) is 0 Å². The maximum Gasteiger partial charge on any atom is 0.416 e. The number of carboxylic acids is 1. The summed E-state index contributed by atoms with van der Waals surface area (Å²) in [5, 5.41) is 42.0. The molecule has 0 saturated carbocycles. The lowest BCUT2D eigenvalue weighted by Crippen LogP contribution is -2.42. The number of nitrogen functional groups attached to an aromatic ring is 1. The maximum absolute atomic E-state index is 12.7. The second-order valence-electron chi connectivity index (χ2n) is 29.9. The van der Waals surface area contributed by atoms with Crippen molar-refractivity contribution in [3.05, 3.63) is 386 Å². The third kappa shape index (κ3) is 32.7. The van der Waals surface area contributed by atoms with Crippen LogP contribution in [0.1, 0.15) is 194 Å². The van der Waals surface area contributed by atoms with Crippen molar-refractivity contribution >= 4 is 29.3 Å². The molecular formula is C100H104F15N11O10. The van der Waals surface area contributed by atoms with Crippen LogP contribution in [0.15, 0.2) is 287 Å². The van der Waals surface area contributed by atoms with Gasteiger partial charge >= 0.3 is 36.9 Å². The lowest BCUT2D eigenvalue weighted by Gasteiger charge is -2.15. The largest absolute Gasteiger partial charge is 0.478 e. The van der Waals surface area contributed by atoms with E-state index in [1.807, 2.05) is 73.0 Å². The van der Waals surface area contributed by atoms with Gasteiger partial charge in [-0.25, -0.2) is 10.6 Å². The van der Waals surface area contributed by atoms with Crippen LogP contribution < -0.4 is 27.9 Å². The molecule has 1 saturated heterocycles. The number of epoxide rings is 1. The van der Waals surface area contributed by atoms with E-state index < -0.39 is 93.6 Å². The number of aromatic nitrogens is 6. The zero-order valence-electron chi connectivity index (χ0n) is 70.3. The van der Waals surface area contributed by atoms with Crippen molar-refractivity contribution in [3.63, 3.8) is 0 Å². The smallest absolute Gasteiger partial charge is 0.416 e. The molecule has 3 amide bonds. The van der Waals surface area contributed by atoms with Gasteiger partial charge in [-0.1, -0.05) is 209 Å². The number of nitrogens with two attached hydrogens (primary N) is 2. The number of aliphatic hydroxyl groups is 1. The van der Waals surface area contributed by atoms with E-state index >= 15 is 0 Å². The van der Waals surface area contributed by atoms with Gasteiger partial charge in [-0.15, -0.1) is 30.6 Å². The first-order chi connectivity index (χ1) is 61.6. The molecule has 0 spiro atoms. The van der Waals surface area contributed by atoms with Crippen molar-refractivity contribution in [3.8, 4) is 34.4 Å². The highest BCUT2D eigenvalue weighted by atomic mass is 19.4. The summed E-state index contributed by atoms with van der Waals surface area (Å²) in [4.78, 5) is 44.9. The zero-order chi connectivity index (χ0) is 96.0. The first-order valence-corrected chi connectivity index (χ1v) is 39.3. The highest BCUT2D eigenvalue weighted by Crippen LogP contribution is 2.40. The molecule has 3 aromatic heterocycles. The summed E-state index contributed by atoms with van der Waals surface area (Å²) in [6.45, 7) is 18.9. The second kappa shape index (κ2) is 49.5. The maximum atomic E-state index is 12.7. The van der Waals surface area contributed by atoms with Gasteiger partial charge in [0.2, 0.25) is 29.5 Å². The molecule has 21 nitrogen and oxygen atoms in total. The Balaban J connectivity index is 0.000000347. The first kappa shape index (κ1) is 114. The molecule has 2 unspecified atom stereocenters. The Morgan fingerprint density at radius 2 is 0.676 bits per heavy atom. The number of rotatable bonds is 21. The number of amides is 3. The van der Waals surface area contributed by atoms with E-state index in [-0.39, 0.29) is 73.0 Å². The third-order valence-electron chi connectivity index (χ3n) is 19.3. The lowest BCUT2D eigenvalue weighted by atomic mass is 9.98. The third-order valence-corrected chi connectivity index (χ3v) is 19.3. The van der Waals surface area contributed by atoms with Gasteiger partial charge in [0.25, 0.3) is 23.6 Å². The van der Waals surface area contributed by atoms with E-state index in [2.05, 4.69) is 61.2 Å². The van der Waals surface area contributed by atoms with Crippen molar-refractivity contribution in [1.82, 2.24) is 46.9 Å². The molecular weight excluding hydrogens is 1800 g/mol. The topological polar surface area (TPSA) is 326 Å². The Kier molecular flexibility index (Phi) is 41.4. The Bertz CT molecular complexity index is 6090. The number of hydrogen-bond donors (Lipinski definition) is 7. The van der Waals surface area contributed by atoms with E-state index in [0.717, 1.165) is 99.6 Å². The minimum absolute atomic E-state index is 0. The fourth-order valence-corrected chi connectivity index (χ4v) is 11.9. The quantitative estimate of drug-likeness (QED) is 0.00877. The molecule has 1 fully saturated rings. The van der Waals surface area contributed by atoms with Gasteiger partial charge in [0.15, 0.2) is 11.2 Å². The van der Waals surface area contributed by atoms with Crippen LogP contribution in [0.4, 0.5) is 65.9 Å². The van der Waals surface area contributed by atoms with Gasteiger partial charge < -0.3 is 33.9 Å². The average Bonchev–Trinajstić information content (AvgIpc) is 1.62. The van der Waals surface area contributed by atoms with Crippen LogP contribution in [0, 0.1) is 0 Å². The number of carboxylic acid groups (broad SMARTS) is 1. The van der Waals surface area contributed by atoms with Gasteiger partial charge in [0.05, 0.1) is 34.4 Å². The first-order valence-electron chi connectivity index (χ1n) is 39.3. The van der Waals surface area contributed by atoms with Gasteiger partial charge in [-0.05, 0) is 213 Å². The molecule has 13 aromatic rings. The molecule has 136 heavy (non-hydrogen) atoms. The van der Waals surface area contributed by atoms with E-state index in [4.69, 9.17) is 34.7 Å². The van der Waals surface area contributed by atoms with Crippen LogP contribution in [-0.4, -0.2) is 77.6 Å². The summed E-state index contributed by atoms with van der Waals surface area (Å²) >= 11 is 0. The van der Waals surface area contributed by atoms with Crippen LogP contribution >= 0.6 is 0 Å². The molecule has 0 radical (unpaired) electrons. The number of alkyl halides is 15. The van der Waals surface area contributed by atoms with Gasteiger partial charge in [-0.2, -0.15) is 65.9 Å². The number of carbonyl (C=O) groups excluding carboxylic acids is 3. The van der Waals surface area contributed by atoms with Crippen molar-refractivity contribution in [2.24, 2.45) is 11.6 Å². The Morgan fingerprint density at radius 3 is 0.963 bits per heavy atom. The molecule has 9 N–H and O–H groups in total. The minimum Gasteiger partial charge on any atom is -0.478 e. The van der Waals surface area contributed by atoms with Gasteiger partial charge in [0.1, 0.15) is 0 Å². The highest BCUT2D eigenvalue weighted by molar-refractivity contribution is 5.99. The number of hydrazine groups is 2. The number of aliphatic carboxylic acids is 1. The van der Waals surface area contributed by atoms with E-state index in [1.165, 1.54) is 81.4 Å². The number of nitrogens with zero attached hydrogens (tertiary/aromatic N) is 6. The normalized spacial score (nSPS) is 12.8. The SMILES string of the molecule is C.C.C.C.C.C=C(C)C(=O)NNC(=O)c1ccccc1Cc1ccc(C(F)(F)F)cc1.C=C(C)C(=O)O.C=C(C)c1nnc(-c2ccccc2Cc2ccc(C(F)(F)F)cc2)o1.CC(O)(CN)c1nnc(-c2ccccc2Cc2ccc(C(F)(F)F)cc2)o1.CC1(c2nnc(-c3ccccc3Cc3ccc(C(F)(F)F)cc3)o2)CO1.NNC(=O)c1ccccc1Cc1ccc(C(F)(F)F)cc1. The van der Waals surface area contributed by atoms with E-state index in [1.54, 1.807) is 67.6 Å². The molecule has 0 aliphatic carbocycles. The van der Waals surface area contributed by atoms with Crippen LogP contribution in [0.5, 0.6) is 0 Å². The number of hydrogen-bond acceptors (Lipinski definition) is 17. The summed E-state index contributed by atoms with van der Waals surface area (Å²) in [6, 6.07) is 60.5. The monoisotopic (exact) mass is 1900 g/mol. The van der Waals surface area contributed by atoms with Crippen LogP contribution in [0.25, 0.3) is 39.9 Å². The van der Waals surface area contributed by atoms with E-state index in [9.17, 15) is 90.1 Å². The molecule has 2 atom stereocenters. The average molecular weight is 1900 g/mol. The van der Waals surface area contributed by atoms with Gasteiger partial charge in [0, 0.05) is 51.1 Å². The predicted octanol–water partition coefficient (Wildman–Crippen LogP) is 23.8. The molecule has 14 rings (SSSR count). The summed E-state index contributed by atoms with van der Waals surface area (Å²) in [6.07, 6.45) is -19.9. The number of ether oxygens (including phenoxy) is 1. The fourth-order valence-electron chi connectivity index (χ4n) is 11.9. The van der Waals surface area contributed by atoms with Crippen molar-refractivity contribution < 1.29 is 113 Å². The lowest BCUT2D eigenvalue weighted by molar-refractivity contribution is -0.138. The number of allylic oxidation sites excluding steroid dienone is 1. The zero-order valence-corrected chi connectivity index (χ0v) is 70.3. The van der Waals surface area contributed by atoms with Crippen molar-refractivity contribution in [2.45, 2.75) is 146 Å². The molecule has 4 heterocycles. The number of carbonyl (C=O) groups is 4. The summed E-state index contributed by atoms with van der Waals surface area (Å²) in [5.41, 5.74) is 18.1. The van der Waals surface area contributed by atoms with Gasteiger partial charge in [-0.3, -0.25) is 30.7 Å².